The molecule has 0 bridgehead atoms. The average molecular weight is 282 g/mol. The molecule has 0 radical (unpaired) electrons. The lowest BCUT2D eigenvalue weighted by molar-refractivity contribution is 0.535. The summed E-state index contributed by atoms with van der Waals surface area (Å²) in [4.78, 5) is 0. The van der Waals surface area contributed by atoms with Crippen LogP contribution in [-0.4, -0.2) is 6.54 Å². The van der Waals surface area contributed by atoms with Gasteiger partial charge in [0.25, 0.3) is 0 Å². The molecule has 1 aromatic carbocycles. The average Bonchev–Trinajstić information content (AvgIpc) is 2.25. The summed E-state index contributed by atoms with van der Waals surface area (Å²) >= 11 is 3.64. The minimum absolute atomic E-state index is 0.368. The predicted octanol–water partition coefficient (Wildman–Crippen LogP) is 4.37. The van der Waals surface area contributed by atoms with Crippen molar-refractivity contribution < 1.29 is 0 Å². The molecule has 0 aliphatic heterocycles. The molecule has 0 amide bonds. The van der Waals surface area contributed by atoms with Crippen LogP contribution in [-0.2, 0) is 0 Å². The van der Waals surface area contributed by atoms with Gasteiger partial charge in [0.1, 0.15) is 0 Å². The summed E-state index contributed by atoms with van der Waals surface area (Å²) < 4.78 is 1.18. The number of rotatable bonds is 6. The van der Waals surface area contributed by atoms with Crippen molar-refractivity contribution >= 4 is 15.9 Å². The number of hydrogen-bond acceptors (Lipinski definition) is 1. The standard InChI is InChI=1S/C14H20BrN/c1-4-6-14(16-9-5-2)12-8-7-11(3)10-13(12)15/h4,7-8,10,14,16H,1,5-6,9H2,2-3H3. The van der Waals surface area contributed by atoms with Crippen LogP contribution in [0.1, 0.15) is 36.9 Å². The molecule has 88 valence electrons. The maximum Gasteiger partial charge on any atom is 0.0366 e. The lowest BCUT2D eigenvalue weighted by Gasteiger charge is -2.19. The van der Waals surface area contributed by atoms with Crippen molar-refractivity contribution in [3.8, 4) is 0 Å². The zero-order valence-electron chi connectivity index (χ0n) is 10.1. The van der Waals surface area contributed by atoms with E-state index in [4.69, 9.17) is 0 Å². The molecule has 0 heterocycles. The number of hydrogen-bond donors (Lipinski definition) is 1. The lowest BCUT2D eigenvalue weighted by Crippen LogP contribution is -2.22. The quantitative estimate of drug-likeness (QED) is 0.764. The Morgan fingerprint density at radius 2 is 2.25 bits per heavy atom. The summed E-state index contributed by atoms with van der Waals surface area (Å²) in [6.07, 6.45) is 4.08. The molecule has 1 unspecified atom stereocenters. The molecule has 0 spiro atoms. The summed E-state index contributed by atoms with van der Waals surface area (Å²) in [5.74, 6) is 0. The Morgan fingerprint density at radius 3 is 2.81 bits per heavy atom. The van der Waals surface area contributed by atoms with Crippen LogP contribution in [0.15, 0.2) is 35.3 Å². The fourth-order valence-corrected chi connectivity index (χ4v) is 2.49. The molecule has 0 saturated heterocycles. The summed E-state index contributed by atoms with van der Waals surface area (Å²) in [5.41, 5.74) is 2.60. The minimum Gasteiger partial charge on any atom is -0.310 e. The molecule has 1 aromatic rings. The van der Waals surface area contributed by atoms with Crippen molar-refractivity contribution in [3.05, 3.63) is 46.5 Å². The smallest absolute Gasteiger partial charge is 0.0366 e. The third-order valence-electron chi connectivity index (χ3n) is 2.57. The molecular formula is C14H20BrN. The van der Waals surface area contributed by atoms with E-state index < -0.39 is 0 Å². The Labute approximate surface area is 107 Å². The van der Waals surface area contributed by atoms with Crippen LogP contribution in [0.25, 0.3) is 0 Å². The number of halogens is 1. The molecule has 0 saturated carbocycles. The highest BCUT2D eigenvalue weighted by atomic mass is 79.9. The first-order chi connectivity index (χ1) is 7.69. The van der Waals surface area contributed by atoms with Crippen LogP contribution in [0.4, 0.5) is 0 Å². The highest BCUT2D eigenvalue weighted by Gasteiger charge is 2.11. The topological polar surface area (TPSA) is 12.0 Å². The van der Waals surface area contributed by atoms with E-state index in [2.05, 4.69) is 59.9 Å². The van der Waals surface area contributed by atoms with Crippen LogP contribution < -0.4 is 5.32 Å². The van der Waals surface area contributed by atoms with Crippen LogP contribution >= 0.6 is 15.9 Å². The SMILES string of the molecule is C=CCC(NCCC)c1ccc(C)cc1Br. The van der Waals surface area contributed by atoms with Gasteiger partial charge in [-0.25, -0.2) is 0 Å². The summed E-state index contributed by atoms with van der Waals surface area (Å²) in [5, 5.41) is 3.55. The number of aryl methyl sites for hydroxylation is 1. The van der Waals surface area contributed by atoms with E-state index in [0.29, 0.717) is 6.04 Å². The van der Waals surface area contributed by atoms with Crippen molar-refractivity contribution in [1.29, 1.82) is 0 Å². The predicted molar refractivity (Wildman–Crippen MR) is 74.7 cm³/mol. The third kappa shape index (κ3) is 3.76. The van der Waals surface area contributed by atoms with E-state index in [-0.39, 0.29) is 0 Å². The van der Waals surface area contributed by atoms with E-state index in [1.165, 1.54) is 15.6 Å². The van der Waals surface area contributed by atoms with E-state index in [1.807, 2.05) is 6.08 Å². The van der Waals surface area contributed by atoms with Gasteiger partial charge in [-0.05, 0) is 43.5 Å². The first-order valence-electron chi connectivity index (χ1n) is 5.79. The van der Waals surface area contributed by atoms with Crippen molar-refractivity contribution in [2.75, 3.05) is 6.54 Å². The van der Waals surface area contributed by atoms with E-state index in [9.17, 15) is 0 Å². The Hall–Kier alpha value is -0.600. The van der Waals surface area contributed by atoms with Crippen molar-refractivity contribution in [2.45, 2.75) is 32.7 Å². The Kier molecular flexibility index (Phi) is 5.78. The van der Waals surface area contributed by atoms with Crippen LogP contribution in [0.2, 0.25) is 0 Å². The second kappa shape index (κ2) is 6.87. The fraction of sp³-hybridized carbons (Fsp3) is 0.429. The Balaban J connectivity index is 2.86. The molecule has 1 atom stereocenters. The summed E-state index contributed by atoms with van der Waals surface area (Å²) in [7, 11) is 0. The number of benzene rings is 1. The zero-order valence-corrected chi connectivity index (χ0v) is 11.7. The third-order valence-corrected chi connectivity index (χ3v) is 3.26. The summed E-state index contributed by atoms with van der Waals surface area (Å²) in [6.45, 7) is 9.16. The van der Waals surface area contributed by atoms with Gasteiger partial charge in [-0.3, -0.25) is 0 Å². The van der Waals surface area contributed by atoms with Gasteiger partial charge in [-0.15, -0.1) is 6.58 Å². The van der Waals surface area contributed by atoms with Gasteiger partial charge in [0.15, 0.2) is 0 Å². The maximum absolute atomic E-state index is 3.83. The van der Waals surface area contributed by atoms with E-state index in [1.54, 1.807) is 0 Å². The molecule has 0 aliphatic carbocycles. The van der Waals surface area contributed by atoms with E-state index >= 15 is 0 Å². The summed E-state index contributed by atoms with van der Waals surface area (Å²) in [6, 6.07) is 6.88. The van der Waals surface area contributed by atoms with Crippen LogP contribution in [0.5, 0.6) is 0 Å². The van der Waals surface area contributed by atoms with Gasteiger partial charge in [0, 0.05) is 10.5 Å². The Bertz CT molecular complexity index is 347. The van der Waals surface area contributed by atoms with Gasteiger partial charge in [-0.2, -0.15) is 0 Å². The second-order valence-electron chi connectivity index (χ2n) is 4.06. The minimum atomic E-state index is 0.368. The molecule has 0 fully saturated rings. The highest BCUT2D eigenvalue weighted by Crippen LogP contribution is 2.26. The highest BCUT2D eigenvalue weighted by molar-refractivity contribution is 9.10. The van der Waals surface area contributed by atoms with Crippen LogP contribution in [0.3, 0.4) is 0 Å². The first-order valence-corrected chi connectivity index (χ1v) is 6.58. The zero-order chi connectivity index (χ0) is 12.0. The van der Waals surface area contributed by atoms with Gasteiger partial charge >= 0.3 is 0 Å². The molecule has 16 heavy (non-hydrogen) atoms. The molecule has 2 heteroatoms. The largest absolute Gasteiger partial charge is 0.310 e. The van der Waals surface area contributed by atoms with Gasteiger partial charge in [0.05, 0.1) is 0 Å². The molecular weight excluding hydrogens is 262 g/mol. The lowest BCUT2D eigenvalue weighted by atomic mass is 10.0. The molecule has 0 aromatic heterocycles. The second-order valence-corrected chi connectivity index (χ2v) is 4.91. The fourth-order valence-electron chi connectivity index (χ4n) is 1.72. The van der Waals surface area contributed by atoms with Gasteiger partial charge in [-0.1, -0.05) is 41.1 Å². The molecule has 1 rings (SSSR count). The number of nitrogens with one attached hydrogen (secondary N) is 1. The van der Waals surface area contributed by atoms with Gasteiger partial charge in [0.2, 0.25) is 0 Å². The molecule has 0 aliphatic rings. The normalized spacial score (nSPS) is 12.4. The van der Waals surface area contributed by atoms with Gasteiger partial charge < -0.3 is 5.32 Å². The maximum atomic E-state index is 3.83. The molecule has 1 nitrogen and oxygen atoms in total. The first kappa shape index (κ1) is 13.5. The molecule has 1 N–H and O–H groups in total. The van der Waals surface area contributed by atoms with E-state index in [0.717, 1.165) is 19.4 Å². The van der Waals surface area contributed by atoms with Crippen molar-refractivity contribution in [1.82, 2.24) is 5.32 Å². The Morgan fingerprint density at radius 1 is 1.50 bits per heavy atom. The van der Waals surface area contributed by atoms with Crippen molar-refractivity contribution in [2.24, 2.45) is 0 Å². The monoisotopic (exact) mass is 281 g/mol. The van der Waals surface area contributed by atoms with Crippen molar-refractivity contribution in [3.63, 3.8) is 0 Å². The van der Waals surface area contributed by atoms with Crippen LogP contribution in [0, 0.1) is 6.92 Å².